The van der Waals surface area contributed by atoms with Gasteiger partial charge in [-0.3, -0.25) is 9.78 Å². The van der Waals surface area contributed by atoms with Crippen LogP contribution < -0.4 is 5.32 Å². The van der Waals surface area contributed by atoms with Gasteiger partial charge in [0.25, 0.3) is 5.91 Å². The first-order valence-electron chi connectivity index (χ1n) is 7.21. The first kappa shape index (κ1) is 16.6. The minimum atomic E-state index is -4.60. The zero-order valence-corrected chi connectivity index (χ0v) is 12.7. The summed E-state index contributed by atoms with van der Waals surface area (Å²) < 4.78 is 40.3. The van der Waals surface area contributed by atoms with E-state index in [2.05, 4.69) is 20.6 Å². The molecule has 0 bridgehead atoms. The Morgan fingerprint density at radius 2 is 1.84 bits per heavy atom. The number of nitrogens with one attached hydrogen (secondary N) is 1. The molecule has 1 amide bonds. The number of hydrogen-bond acceptors (Lipinski definition) is 4. The van der Waals surface area contributed by atoms with Crippen molar-refractivity contribution in [1.29, 1.82) is 0 Å². The quantitative estimate of drug-likeness (QED) is 0.787. The summed E-state index contributed by atoms with van der Waals surface area (Å²) in [7, 11) is 0. The Bertz CT molecular complexity index is 877. The van der Waals surface area contributed by atoms with Gasteiger partial charge in [0.2, 0.25) is 0 Å². The molecule has 9 heteroatoms. The normalized spacial score (nSPS) is 11.3. The Kier molecular flexibility index (Phi) is 4.46. The van der Waals surface area contributed by atoms with Crippen LogP contribution in [0, 0.1) is 0 Å². The highest BCUT2D eigenvalue weighted by Gasteiger charge is 2.34. The summed E-state index contributed by atoms with van der Waals surface area (Å²) >= 11 is 0. The van der Waals surface area contributed by atoms with E-state index in [1.165, 1.54) is 16.8 Å². The van der Waals surface area contributed by atoms with Crippen LogP contribution in [0.25, 0.3) is 5.69 Å². The molecule has 0 radical (unpaired) electrons. The average Bonchev–Trinajstić information content (AvgIpc) is 3.09. The molecular weight excluding hydrogens is 335 g/mol. The fourth-order valence-electron chi connectivity index (χ4n) is 2.20. The maximum atomic E-state index is 13.0. The standard InChI is InChI=1S/C16H12F3N5O/c17-16(18,19)14-4-2-1-3-13(14)15(25)21-9-11-10-24(23-22-11)12-5-7-20-8-6-12/h1-8,10H,9H2,(H,21,25). The van der Waals surface area contributed by atoms with E-state index in [1.807, 2.05) is 0 Å². The fourth-order valence-corrected chi connectivity index (χ4v) is 2.20. The summed E-state index contributed by atoms with van der Waals surface area (Å²) in [5.41, 5.74) is -0.276. The lowest BCUT2D eigenvalue weighted by molar-refractivity contribution is -0.137. The monoisotopic (exact) mass is 347 g/mol. The van der Waals surface area contributed by atoms with E-state index in [0.717, 1.165) is 17.8 Å². The van der Waals surface area contributed by atoms with Gasteiger partial charge in [-0.1, -0.05) is 17.3 Å². The van der Waals surface area contributed by atoms with Crippen LogP contribution in [0.3, 0.4) is 0 Å². The highest BCUT2D eigenvalue weighted by atomic mass is 19.4. The van der Waals surface area contributed by atoms with Crippen molar-refractivity contribution in [2.24, 2.45) is 0 Å². The minimum Gasteiger partial charge on any atom is -0.346 e. The van der Waals surface area contributed by atoms with Gasteiger partial charge < -0.3 is 5.32 Å². The van der Waals surface area contributed by atoms with Gasteiger partial charge in [-0.2, -0.15) is 13.2 Å². The highest BCUT2D eigenvalue weighted by molar-refractivity contribution is 5.95. The second-order valence-electron chi connectivity index (χ2n) is 5.09. The summed E-state index contributed by atoms with van der Waals surface area (Å²) in [6, 6.07) is 8.05. The molecule has 0 unspecified atom stereocenters. The van der Waals surface area contributed by atoms with E-state index in [4.69, 9.17) is 0 Å². The van der Waals surface area contributed by atoms with Gasteiger partial charge in [0.15, 0.2) is 0 Å². The van der Waals surface area contributed by atoms with Gasteiger partial charge in [-0.15, -0.1) is 5.10 Å². The molecule has 2 aromatic heterocycles. The molecule has 0 spiro atoms. The van der Waals surface area contributed by atoms with E-state index in [0.29, 0.717) is 5.69 Å². The molecule has 2 heterocycles. The van der Waals surface area contributed by atoms with Crippen LogP contribution in [0.4, 0.5) is 13.2 Å². The van der Waals surface area contributed by atoms with Gasteiger partial charge in [-0.05, 0) is 24.3 Å². The third kappa shape index (κ3) is 3.82. The number of rotatable bonds is 4. The van der Waals surface area contributed by atoms with Crippen molar-refractivity contribution in [3.05, 3.63) is 71.8 Å². The number of alkyl halides is 3. The lowest BCUT2D eigenvalue weighted by atomic mass is 10.1. The largest absolute Gasteiger partial charge is 0.417 e. The molecule has 0 saturated carbocycles. The highest BCUT2D eigenvalue weighted by Crippen LogP contribution is 2.31. The van der Waals surface area contributed by atoms with E-state index in [1.54, 1.807) is 30.7 Å². The van der Waals surface area contributed by atoms with Gasteiger partial charge in [0, 0.05) is 12.4 Å². The number of hydrogen-bond donors (Lipinski definition) is 1. The molecule has 0 aliphatic rings. The van der Waals surface area contributed by atoms with Crippen LogP contribution in [-0.4, -0.2) is 25.9 Å². The maximum absolute atomic E-state index is 13.0. The lowest BCUT2D eigenvalue weighted by Crippen LogP contribution is -2.26. The molecule has 0 fully saturated rings. The van der Waals surface area contributed by atoms with Crippen molar-refractivity contribution >= 4 is 5.91 Å². The summed E-state index contributed by atoms with van der Waals surface area (Å²) in [4.78, 5) is 16.0. The summed E-state index contributed by atoms with van der Waals surface area (Å²) in [6.45, 7) is -0.0455. The summed E-state index contributed by atoms with van der Waals surface area (Å²) in [5, 5.41) is 10.2. The molecular formula is C16H12F3N5O. The van der Waals surface area contributed by atoms with Gasteiger partial charge in [-0.25, -0.2) is 4.68 Å². The predicted molar refractivity (Wildman–Crippen MR) is 81.8 cm³/mol. The summed E-state index contributed by atoms with van der Waals surface area (Å²) in [6.07, 6.45) is 0.156. The second kappa shape index (κ2) is 6.71. The van der Waals surface area contributed by atoms with Crippen LogP contribution in [-0.2, 0) is 12.7 Å². The molecule has 1 N–H and O–H groups in total. The molecule has 3 aromatic rings. The molecule has 1 aromatic carbocycles. The summed E-state index contributed by atoms with van der Waals surface area (Å²) in [5.74, 6) is -0.827. The first-order valence-corrected chi connectivity index (χ1v) is 7.21. The minimum absolute atomic E-state index is 0.0455. The number of carbonyl (C=O) groups is 1. The number of nitrogens with zero attached hydrogens (tertiary/aromatic N) is 4. The molecule has 0 atom stereocenters. The fraction of sp³-hybridized carbons (Fsp3) is 0.125. The van der Waals surface area contributed by atoms with Crippen molar-refractivity contribution in [3.63, 3.8) is 0 Å². The van der Waals surface area contributed by atoms with Crippen LogP contribution in [0.15, 0.2) is 55.0 Å². The molecule has 0 aliphatic heterocycles. The van der Waals surface area contributed by atoms with Crippen molar-refractivity contribution in [2.75, 3.05) is 0 Å². The van der Waals surface area contributed by atoms with E-state index < -0.39 is 23.2 Å². The lowest BCUT2D eigenvalue weighted by Gasteiger charge is -2.12. The maximum Gasteiger partial charge on any atom is 0.417 e. The Labute approximate surface area is 140 Å². The molecule has 6 nitrogen and oxygen atoms in total. The SMILES string of the molecule is O=C(NCc1cn(-c2ccncc2)nn1)c1ccccc1C(F)(F)F. The van der Waals surface area contributed by atoms with Gasteiger partial charge >= 0.3 is 6.18 Å². The zero-order chi connectivity index (χ0) is 17.9. The van der Waals surface area contributed by atoms with Crippen LogP contribution >= 0.6 is 0 Å². The first-order chi connectivity index (χ1) is 11.9. The van der Waals surface area contributed by atoms with Crippen LogP contribution in [0.5, 0.6) is 0 Å². The third-order valence-electron chi connectivity index (χ3n) is 3.38. The van der Waals surface area contributed by atoms with E-state index in [9.17, 15) is 18.0 Å². The Morgan fingerprint density at radius 3 is 2.56 bits per heavy atom. The molecule has 0 aliphatic carbocycles. The number of carbonyl (C=O) groups excluding carboxylic acids is 1. The second-order valence-corrected chi connectivity index (χ2v) is 5.09. The predicted octanol–water partition coefficient (Wildman–Crippen LogP) is 2.61. The molecule has 3 rings (SSSR count). The molecule has 128 valence electrons. The van der Waals surface area contributed by atoms with Crippen molar-refractivity contribution in [3.8, 4) is 5.69 Å². The Hall–Kier alpha value is -3.23. The Morgan fingerprint density at radius 1 is 1.12 bits per heavy atom. The van der Waals surface area contributed by atoms with E-state index in [-0.39, 0.29) is 6.54 Å². The van der Waals surface area contributed by atoms with Crippen molar-refractivity contribution in [2.45, 2.75) is 12.7 Å². The number of benzene rings is 1. The van der Waals surface area contributed by atoms with Gasteiger partial charge in [0.1, 0.15) is 5.69 Å². The number of pyridine rings is 1. The average molecular weight is 347 g/mol. The number of aromatic nitrogens is 4. The van der Waals surface area contributed by atoms with E-state index >= 15 is 0 Å². The number of halogens is 3. The van der Waals surface area contributed by atoms with Crippen molar-refractivity contribution < 1.29 is 18.0 Å². The van der Waals surface area contributed by atoms with Crippen LogP contribution in [0.2, 0.25) is 0 Å². The molecule has 25 heavy (non-hydrogen) atoms. The van der Waals surface area contributed by atoms with Crippen LogP contribution in [0.1, 0.15) is 21.6 Å². The third-order valence-corrected chi connectivity index (χ3v) is 3.38. The van der Waals surface area contributed by atoms with Gasteiger partial charge in [0.05, 0.1) is 29.6 Å². The zero-order valence-electron chi connectivity index (χ0n) is 12.7. The smallest absolute Gasteiger partial charge is 0.346 e. The Balaban J connectivity index is 1.71. The topological polar surface area (TPSA) is 72.7 Å². The number of amides is 1. The van der Waals surface area contributed by atoms with Crippen molar-refractivity contribution in [1.82, 2.24) is 25.3 Å². The molecule has 0 saturated heterocycles.